The summed E-state index contributed by atoms with van der Waals surface area (Å²) < 4.78 is 16.2. The lowest BCUT2D eigenvalue weighted by molar-refractivity contribution is -0.0122. The first-order valence-corrected chi connectivity index (χ1v) is 11.3. The highest BCUT2D eigenvalue weighted by atomic mass is 16.6. The quantitative estimate of drug-likeness (QED) is 0.662. The second-order valence-corrected chi connectivity index (χ2v) is 8.85. The number of esters is 1. The van der Waals surface area contributed by atoms with Crippen LogP contribution in [0.1, 0.15) is 57.8 Å². The van der Waals surface area contributed by atoms with Crippen molar-refractivity contribution in [2.45, 2.75) is 59.1 Å². The van der Waals surface area contributed by atoms with Gasteiger partial charge in [-0.15, -0.1) is 0 Å². The fourth-order valence-corrected chi connectivity index (χ4v) is 3.93. The topological polar surface area (TPSA) is 68.3 Å². The van der Waals surface area contributed by atoms with Gasteiger partial charge in [-0.25, -0.2) is 9.59 Å². The molecule has 2 aliphatic rings. The number of amides is 1. The highest BCUT2D eigenvalue weighted by Gasteiger charge is 2.35. The molecular formula is C24H38N2O5. The van der Waals surface area contributed by atoms with Gasteiger partial charge >= 0.3 is 12.1 Å². The van der Waals surface area contributed by atoms with E-state index in [2.05, 4.69) is 4.90 Å². The fourth-order valence-electron chi connectivity index (χ4n) is 3.93. The Labute approximate surface area is 186 Å². The summed E-state index contributed by atoms with van der Waals surface area (Å²) in [6.45, 7) is 13.5. The first-order chi connectivity index (χ1) is 14.7. The molecule has 0 radical (unpaired) electrons. The van der Waals surface area contributed by atoms with Gasteiger partial charge in [0.2, 0.25) is 0 Å². The van der Waals surface area contributed by atoms with Crippen LogP contribution in [-0.4, -0.2) is 73.4 Å². The second kappa shape index (κ2) is 11.4. The zero-order valence-electron chi connectivity index (χ0n) is 19.8. The van der Waals surface area contributed by atoms with Crippen LogP contribution in [0.2, 0.25) is 0 Å². The number of ether oxygens (including phenoxy) is 3. The summed E-state index contributed by atoms with van der Waals surface area (Å²) in [6, 6.07) is 7.48. The molecule has 1 aromatic rings. The van der Waals surface area contributed by atoms with Gasteiger partial charge in [0.05, 0.1) is 19.3 Å². The van der Waals surface area contributed by atoms with E-state index in [-0.39, 0.29) is 12.1 Å². The molecule has 174 valence electrons. The number of piperidine rings is 1. The van der Waals surface area contributed by atoms with Gasteiger partial charge in [-0.1, -0.05) is 19.9 Å². The maximum atomic E-state index is 12.3. The third-order valence-corrected chi connectivity index (χ3v) is 5.40. The van der Waals surface area contributed by atoms with E-state index in [0.717, 1.165) is 32.5 Å². The monoisotopic (exact) mass is 434 g/mol. The molecule has 0 aliphatic carbocycles. The van der Waals surface area contributed by atoms with Crippen molar-refractivity contribution in [2.24, 2.45) is 5.92 Å². The first kappa shape index (κ1) is 25.0. The number of methoxy groups -OCH3 is 1. The highest BCUT2D eigenvalue weighted by Crippen LogP contribution is 2.27. The molecule has 31 heavy (non-hydrogen) atoms. The molecule has 3 rings (SSSR count). The predicted molar refractivity (Wildman–Crippen MR) is 121 cm³/mol. The zero-order valence-corrected chi connectivity index (χ0v) is 19.8. The Kier molecular flexibility index (Phi) is 9.16. The van der Waals surface area contributed by atoms with E-state index in [4.69, 9.17) is 14.2 Å². The number of piperazine rings is 1. The highest BCUT2D eigenvalue weighted by molar-refractivity contribution is 5.89. The molecule has 0 saturated carbocycles. The van der Waals surface area contributed by atoms with Crippen molar-refractivity contribution in [2.75, 3.05) is 39.9 Å². The Bertz CT molecular complexity index is 731. The van der Waals surface area contributed by atoms with E-state index in [1.807, 2.05) is 45.6 Å². The third-order valence-electron chi connectivity index (χ3n) is 5.40. The summed E-state index contributed by atoms with van der Waals surface area (Å²) in [5.41, 5.74) is 0.0287. The van der Waals surface area contributed by atoms with Crippen LogP contribution in [0.3, 0.4) is 0 Å². The number of rotatable bonds is 4. The number of benzene rings is 1. The van der Waals surface area contributed by atoms with Crippen LogP contribution in [0.15, 0.2) is 24.3 Å². The average Bonchev–Trinajstić information content (AvgIpc) is 2.77. The molecule has 2 atom stereocenters. The van der Waals surface area contributed by atoms with E-state index in [0.29, 0.717) is 36.4 Å². The number of fused-ring (bicyclic) bond motifs is 1. The van der Waals surface area contributed by atoms with Gasteiger partial charge < -0.3 is 19.1 Å². The summed E-state index contributed by atoms with van der Waals surface area (Å²) in [5.74, 6) is 0.754. The zero-order chi connectivity index (χ0) is 23.0. The summed E-state index contributed by atoms with van der Waals surface area (Å²) in [4.78, 5) is 28.3. The summed E-state index contributed by atoms with van der Waals surface area (Å²) in [5, 5.41) is 0. The van der Waals surface area contributed by atoms with Crippen molar-refractivity contribution in [3.8, 4) is 5.75 Å². The van der Waals surface area contributed by atoms with Gasteiger partial charge in [0, 0.05) is 38.1 Å². The normalized spacial score (nSPS) is 21.3. The molecule has 2 aliphatic heterocycles. The van der Waals surface area contributed by atoms with Crippen LogP contribution in [0.5, 0.6) is 5.75 Å². The standard InChI is InChI=1S/C22H32N2O5.C2H6/c1-22(2,3)29-21(26)24-11-10-23-13-16(8-9-18(23)14-24)15-28-19-7-5-6-17(12-19)20(25)27-4;1-2/h5-7,12,16,18H,8-11,13-15H2,1-4H3;1-2H3/t16?,18-;/m0./s1. The van der Waals surface area contributed by atoms with Crippen molar-refractivity contribution in [1.82, 2.24) is 9.80 Å². The summed E-state index contributed by atoms with van der Waals surface area (Å²) >= 11 is 0. The Morgan fingerprint density at radius 3 is 2.52 bits per heavy atom. The van der Waals surface area contributed by atoms with Gasteiger partial charge in [0.25, 0.3) is 0 Å². The van der Waals surface area contributed by atoms with E-state index in [9.17, 15) is 9.59 Å². The number of hydrogen-bond acceptors (Lipinski definition) is 6. The molecule has 7 nitrogen and oxygen atoms in total. The Hall–Kier alpha value is -2.28. The van der Waals surface area contributed by atoms with Gasteiger partial charge in [-0.3, -0.25) is 4.90 Å². The molecule has 0 spiro atoms. The maximum Gasteiger partial charge on any atom is 0.410 e. The second-order valence-electron chi connectivity index (χ2n) is 8.85. The van der Waals surface area contributed by atoms with Crippen molar-refractivity contribution in [3.63, 3.8) is 0 Å². The molecular weight excluding hydrogens is 396 g/mol. The van der Waals surface area contributed by atoms with E-state index < -0.39 is 5.60 Å². The molecule has 1 aromatic carbocycles. The fraction of sp³-hybridized carbons (Fsp3) is 0.667. The predicted octanol–water partition coefficient (Wildman–Crippen LogP) is 4.21. The summed E-state index contributed by atoms with van der Waals surface area (Å²) in [7, 11) is 1.37. The van der Waals surface area contributed by atoms with Crippen molar-refractivity contribution in [3.05, 3.63) is 29.8 Å². The Morgan fingerprint density at radius 2 is 1.84 bits per heavy atom. The van der Waals surface area contributed by atoms with Crippen molar-refractivity contribution in [1.29, 1.82) is 0 Å². The largest absolute Gasteiger partial charge is 0.493 e. The van der Waals surface area contributed by atoms with Crippen LogP contribution < -0.4 is 4.74 Å². The van der Waals surface area contributed by atoms with Crippen LogP contribution in [0.4, 0.5) is 4.79 Å². The van der Waals surface area contributed by atoms with Crippen molar-refractivity contribution < 1.29 is 23.8 Å². The van der Waals surface area contributed by atoms with E-state index in [1.54, 1.807) is 18.2 Å². The Morgan fingerprint density at radius 1 is 1.10 bits per heavy atom. The van der Waals surface area contributed by atoms with Crippen LogP contribution in [0.25, 0.3) is 0 Å². The minimum Gasteiger partial charge on any atom is -0.493 e. The van der Waals surface area contributed by atoms with Crippen LogP contribution in [0, 0.1) is 5.92 Å². The number of carbonyl (C=O) groups excluding carboxylic acids is 2. The molecule has 0 bridgehead atoms. The van der Waals surface area contributed by atoms with E-state index in [1.165, 1.54) is 7.11 Å². The molecule has 0 N–H and O–H groups in total. The molecule has 2 fully saturated rings. The van der Waals surface area contributed by atoms with Gasteiger partial charge in [-0.05, 0) is 51.8 Å². The lowest BCUT2D eigenvalue weighted by atomic mass is 9.91. The maximum absolute atomic E-state index is 12.3. The third kappa shape index (κ3) is 7.42. The molecule has 1 unspecified atom stereocenters. The number of carbonyl (C=O) groups is 2. The minimum absolute atomic E-state index is 0.215. The molecule has 1 amide bonds. The molecule has 2 saturated heterocycles. The SMILES string of the molecule is CC.COC(=O)c1cccc(OCC2CC[C@H]3CN(C(=O)OC(C)(C)C)CCN3C2)c1. The van der Waals surface area contributed by atoms with Gasteiger partial charge in [0.15, 0.2) is 0 Å². The van der Waals surface area contributed by atoms with Crippen molar-refractivity contribution >= 4 is 12.1 Å². The molecule has 2 heterocycles. The lowest BCUT2D eigenvalue weighted by Crippen LogP contribution is -2.58. The molecule has 7 heteroatoms. The smallest absolute Gasteiger partial charge is 0.410 e. The lowest BCUT2D eigenvalue weighted by Gasteiger charge is -2.46. The first-order valence-electron chi connectivity index (χ1n) is 11.3. The van der Waals surface area contributed by atoms with Gasteiger partial charge in [0.1, 0.15) is 11.4 Å². The minimum atomic E-state index is -0.464. The van der Waals surface area contributed by atoms with E-state index >= 15 is 0 Å². The van der Waals surface area contributed by atoms with Crippen LogP contribution in [-0.2, 0) is 9.47 Å². The van der Waals surface area contributed by atoms with Crippen LogP contribution >= 0.6 is 0 Å². The Balaban J connectivity index is 0.00000166. The average molecular weight is 435 g/mol. The number of hydrogen-bond donors (Lipinski definition) is 0. The number of nitrogens with zero attached hydrogens (tertiary/aromatic N) is 2. The van der Waals surface area contributed by atoms with Gasteiger partial charge in [-0.2, -0.15) is 0 Å². The summed E-state index contributed by atoms with van der Waals surface area (Å²) in [6.07, 6.45) is 1.88. The molecule has 0 aromatic heterocycles.